The first kappa shape index (κ1) is 74.2. The maximum atomic E-state index is 13.0. The van der Waals surface area contributed by atoms with E-state index in [4.69, 9.17) is 9.05 Å². The summed E-state index contributed by atoms with van der Waals surface area (Å²) in [6.45, 7) is 4.89. The third kappa shape index (κ3) is 60.7. The van der Waals surface area contributed by atoms with Crippen molar-refractivity contribution in [3.05, 3.63) is 12.2 Å². The average Bonchev–Trinajstić information content (AvgIpc) is 3.37. The summed E-state index contributed by atoms with van der Waals surface area (Å²) in [7, 11) is 1.59. The molecule has 0 saturated heterocycles. The van der Waals surface area contributed by atoms with E-state index in [0.29, 0.717) is 17.4 Å². The van der Waals surface area contributed by atoms with Crippen LogP contribution in [0.3, 0.4) is 0 Å². The van der Waals surface area contributed by atoms with Gasteiger partial charge in [-0.15, -0.1) is 0 Å². The Morgan fingerprint density at radius 2 is 0.707 bits per heavy atom. The Kier molecular flexibility index (Phi) is 57.3. The second-order valence-electron chi connectivity index (χ2n) is 24.6. The highest BCUT2D eigenvalue weighted by Crippen LogP contribution is 2.43. The zero-order valence-electron chi connectivity index (χ0n) is 51.3. The molecular formula is C66H134N2O6P+. The molecular weight excluding hydrogens is 948 g/mol. The molecule has 0 heterocycles. The van der Waals surface area contributed by atoms with E-state index in [2.05, 4.69) is 19.2 Å². The summed E-state index contributed by atoms with van der Waals surface area (Å²) in [5.41, 5.74) is 0. The lowest BCUT2D eigenvalue weighted by Gasteiger charge is -2.25. The van der Waals surface area contributed by atoms with E-state index in [1.54, 1.807) is 6.08 Å². The second kappa shape index (κ2) is 57.9. The number of unbranched alkanes of at least 4 members (excludes halogenated alkanes) is 50. The van der Waals surface area contributed by atoms with Crippen LogP contribution in [0.4, 0.5) is 0 Å². The predicted molar refractivity (Wildman–Crippen MR) is 328 cm³/mol. The van der Waals surface area contributed by atoms with E-state index >= 15 is 0 Å². The largest absolute Gasteiger partial charge is 0.472 e. The minimum absolute atomic E-state index is 0.0654. The molecule has 0 bridgehead atoms. The van der Waals surface area contributed by atoms with Crippen LogP contribution in [0.15, 0.2) is 12.2 Å². The minimum atomic E-state index is -4.35. The molecule has 3 N–H and O–H groups in total. The SMILES string of the molecule is CCCCCCCCCCCCCCCCCCCCCCCC/C=C/C(O)C(COP(=O)(O)OCC[N+](C)(C)C)NC(=O)CCCCCCCCCCCCCCCCCCCCCCCCCCCCCCC. The molecule has 8 nitrogen and oxygen atoms in total. The lowest BCUT2D eigenvalue weighted by molar-refractivity contribution is -0.870. The van der Waals surface area contributed by atoms with Gasteiger partial charge in [0.15, 0.2) is 0 Å². The second-order valence-corrected chi connectivity index (χ2v) is 26.0. The first-order chi connectivity index (χ1) is 36.5. The molecule has 3 unspecified atom stereocenters. The number of aliphatic hydroxyl groups excluding tert-OH is 1. The number of phosphoric ester groups is 1. The van der Waals surface area contributed by atoms with Crippen LogP contribution in [0.25, 0.3) is 0 Å². The Bertz CT molecular complexity index is 1230. The Hall–Kier alpha value is -0.760. The van der Waals surface area contributed by atoms with Gasteiger partial charge in [0.25, 0.3) is 0 Å². The summed E-state index contributed by atoms with van der Waals surface area (Å²) < 4.78 is 23.8. The van der Waals surface area contributed by atoms with Crippen molar-refractivity contribution in [3.8, 4) is 0 Å². The smallest absolute Gasteiger partial charge is 0.387 e. The van der Waals surface area contributed by atoms with E-state index in [1.165, 1.54) is 302 Å². The third-order valence-electron chi connectivity index (χ3n) is 15.8. The molecule has 0 radical (unpaired) electrons. The van der Waals surface area contributed by atoms with Crippen LogP contribution in [0, 0.1) is 0 Å². The third-order valence-corrected chi connectivity index (χ3v) is 16.7. The number of nitrogens with zero attached hydrogens (tertiary/aromatic N) is 1. The fourth-order valence-corrected chi connectivity index (χ4v) is 11.3. The average molecular weight is 1080 g/mol. The number of carbonyl (C=O) groups excluding carboxylic acids is 1. The van der Waals surface area contributed by atoms with Crippen LogP contribution >= 0.6 is 7.82 Å². The molecule has 1 amide bonds. The monoisotopic (exact) mass is 1080 g/mol. The summed E-state index contributed by atoms with van der Waals surface area (Å²) in [6.07, 6.45) is 73.5. The predicted octanol–water partition coefficient (Wildman–Crippen LogP) is 20.9. The summed E-state index contributed by atoms with van der Waals surface area (Å²) in [4.78, 5) is 23.4. The summed E-state index contributed by atoms with van der Waals surface area (Å²) in [6, 6.07) is -0.843. The van der Waals surface area contributed by atoms with Gasteiger partial charge < -0.3 is 19.8 Å². The number of quaternary nitrogens is 1. The molecule has 0 saturated carbocycles. The molecule has 0 aromatic carbocycles. The van der Waals surface area contributed by atoms with Crippen LogP contribution in [0.2, 0.25) is 0 Å². The minimum Gasteiger partial charge on any atom is -0.387 e. The van der Waals surface area contributed by atoms with E-state index < -0.39 is 20.0 Å². The van der Waals surface area contributed by atoms with Crippen molar-refractivity contribution in [2.45, 2.75) is 366 Å². The lowest BCUT2D eigenvalue weighted by atomic mass is 10.0. The molecule has 0 aromatic heterocycles. The number of likely N-dealkylation sites (N-methyl/N-ethyl adjacent to an activating group) is 1. The Labute approximate surface area is 469 Å². The van der Waals surface area contributed by atoms with Crippen molar-refractivity contribution >= 4 is 13.7 Å². The molecule has 0 spiro atoms. The number of phosphoric acid groups is 1. The molecule has 0 rings (SSSR count). The van der Waals surface area contributed by atoms with Crippen LogP contribution in [0.1, 0.15) is 354 Å². The normalized spacial score (nSPS) is 13.7. The number of hydrogen-bond acceptors (Lipinski definition) is 5. The van der Waals surface area contributed by atoms with Crippen LogP contribution in [-0.4, -0.2) is 73.4 Å². The first-order valence-corrected chi connectivity index (χ1v) is 35.1. The van der Waals surface area contributed by atoms with Crippen LogP contribution < -0.4 is 5.32 Å². The van der Waals surface area contributed by atoms with Gasteiger partial charge in [0.1, 0.15) is 13.2 Å². The molecule has 0 aliphatic carbocycles. The van der Waals surface area contributed by atoms with Gasteiger partial charge in [0.2, 0.25) is 5.91 Å². The molecule has 3 atom stereocenters. The van der Waals surface area contributed by atoms with E-state index in [9.17, 15) is 19.4 Å². The highest BCUT2D eigenvalue weighted by molar-refractivity contribution is 7.47. The molecule has 0 aromatic rings. The zero-order chi connectivity index (χ0) is 54.9. The van der Waals surface area contributed by atoms with Gasteiger partial charge in [0, 0.05) is 6.42 Å². The maximum absolute atomic E-state index is 13.0. The van der Waals surface area contributed by atoms with E-state index in [1.807, 2.05) is 27.2 Å². The lowest BCUT2D eigenvalue weighted by Crippen LogP contribution is -2.45. The Morgan fingerprint density at radius 1 is 0.440 bits per heavy atom. The van der Waals surface area contributed by atoms with Gasteiger partial charge in [0.05, 0.1) is 39.9 Å². The number of aliphatic hydroxyl groups is 1. The molecule has 0 aliphatic heterocycles. The van der Waals surface area contributed by atoms with E-state index in [0.717, 1.165) is 32.1 Å². The molecule has 9 heteroatoms. The summed E-state index contributed by atoms with van der Waals surface area (Å²) >= 11 is 0. The Balaban J connectivity index is 4.05. The van der Waals surface area contributed by atoms with Gasteiger partial charge in [-0.2, -0.15) is 0 Å². The summed E-state index contributed by atoms with van der Waals surface area (Å²) in [5, 5.41) is 14.0. The highest BCUT2D eigenvalue weighted by atomic mass is 31.2. The molecule has 0 aliphatic rings. The molecule has 0 fully saturated rings. The topological polar surface area (TPSA) is 105 Å². The fraction of sp³-hybridized carbons (Fsp3) is 0.955. The standard InChI is InChI=1S/C66H133N2O6P/c1-6-8-10-12-14-16-18-20-22-24-26-28-30-32-33-34-35-36-38-40-42-44-46-48-50-52-54-56-58-60-66(70)67-64(63-74-75(71,72)73-62-61-68(3,4)5)65(69)59-57-55-53-51-49-47-45-43-41-39-37-31-29-27-25-23-21-19-17-15-13-11-9-7-2/h57,59,64-65,69H,6-56,58,60-63H2,1-5H3,(H-,67,70,71,72)/p+1/b59-57+. The number of rotatable bonds is 63. The van der Waals surface area contributed by atoms with Gasteiger partial charge in [-0.05, 0) is 19.3 Å². The van der Waals surface area contributed by atoms with Crippen molar-refractivity contribution in [3.63, 3.8) is 0 Å². The maximum Gasteiger partial charge on any atom is 0.472 e. The van der Waals surface area contributed by atoms with Crippen LogP contribution in [-0.2, 0) is 18.4 Å². The number of carbonyl (C=O) groups is 1. The number of amides is 1. The fourth-order valence-electron chi connectivity index (χ4n) is 10.5. The van der Waals surface area contributed by atoms with Crippen molar-refractivity contribution in [1.82, 2.24) is 5.32 Å². The Morgan fingerprint density at radius 3 is 0.987 bits per heavy atom. The van der Waals surface area contributed by atoms with Crippen LogP contribution in [0.5, 0.6) is 0 Å². The van der Waals surface area contributed by atoms with Crippen molar-refractivity contribution in [1.29, 1.82) is 0 Å². The van der Waals surface area contributed by atoms with Crippen molar-refractivity contribution in [2.24, 2.45) is 0 Å². The van der Waals surface area contributed by atoms with Gasteiger partial charge >= 0.3 is 7.82 Å². The van der Waals surface area contributed by atoms with Crippen molar-refractivity contribution < 1.29 is 32.9 Å². The molecule has 448 valence electrons. The first-order valence-electron chi connectivity index (χ1n) is 33.6. The van der Waals surface area contributed by atoms with Gasteiger partial charge in [-0.1, -0.05) is 341 Å². The number of allylic oxidation sites excluding steroid dienone is 1. The van der Waals surface area contributed by atoms with E-state index in [-0.39, 0.29) is 19.1 Å². The molecule has 75 heavy (non-hydrogen) atoms. The van der Waals surface area contributed by atoms with Crippen molar-refractivity contribution in [2.75, 3.05) is 40.9 Å². The summed E-state index contributed by atoms with van der Waals surface area (Å²) in [5.74, 6) is -0.167. The number of hydrogen-bond donors (Lipinski definition) is 3. The van der Waals surface area contributed by atoms with Gasteiger partial charge in [-0.25, -0.2) is 4.57 Å². The zero-order valence-corrected chi connectivity index (χ0v) is 52.2. The highest BCUT2D eigenvalue weighted by Gasteiger charge is 2.28. The quantitative estimate of drug-likeness (QED) is 0.0243. The van der Waals surface area contributed by atoms with Gasteiger partial charge in [-0.3, -0.25) is 13.8 Å². The number of nitrogens with one attached hydrogen (secondary N) is 1.